The van der Waals surface area contributed by atoms with Crippen molar-refractivity contribution in [3.63, 3.8) is 0 Å². The molecular weight excluding hydrogens is 1160 g/mol. The molecule has 96 heavy (non-hydrogen) atoms. The van der Waals surface area contributed by atoms with Crippen molar-refractivity contribution in [3.05, 3.63) is 344 Å². The summed E-state index contributed by atoms with van der Waals surface area (Å²) < 4.78 is 7.65. The Labute approximate surface area is 560 Å². The summed E-state index contributed by atoms with van der Waals surface area (Å²) in [6.45, 7) is 9.14. The van der Waals surface area contributed by atoms with E-state index >= 15 is 0 Å². The van der Waals surface area contributed by atoms with Gasteiger partial charge in [-0.05, 0) is 134 Å². The predicted molar refractivity (Wildman–Crippen MR) is 403 cm³/mol. The van der Waals surface area contributed by atoms with Gasteiger partial charge in [0.05, 0.1) is 39.8 Å². The Bertz CT molecular complexity index is 5310. The van der Waals surface area contributed by atoms with Gasteiger partial charge in [-0.1, -0.05) is 276 Å². The third kappa shape index (κ3) is 8.18. The molecule has 0 spiro atoms. The highest BCUT2D eigenvalue weighted by molar-refractivity contribution is 7.00. The van der Waals surface area contributed by atoms with E-state index < -0.39 is 0 Å². The molecule has 0 saturated carbocycles. The number of furan rings is 1. The maximum Gasteiger partial charge on any atom is 0.252 e. The highest BCUT2D eigenvalue weighted by Gasteiger charge is 2.49. The van der Waals surface area contributed by atoms with Gasteiger partial charge in [0.1, 0.15) is 5.58 Å². The normalized spacial score (nSPS) is 14.3. The molecule has 4 aliphatic rings. The maximum absolute atomic E-state index is 7.65. The van der Waals surface area contributed by atoms with Crippen LogP contribution in [0, 0.1) is 0 Å². The molecule has 0 aliphatic carbocycles. The first-order chi connectivity index (χ1) is 47.2. The molecule has 14 aromatic carbocycles. The molecule has 0 fully saturated rings. The summed E-state index contributed by atoms with van der Waals surface area (Å²) in [5.41, 5.74) is 32.0. The van der Waals surface area contributed by atoms with Crippen molar-refractivity contribution in [2.45, 2.75) is 38.5 Å². The van der Waals surface area contributed by atoms with Crippen LogP contribution in [-0.2, 0) is 10.8 Å². The van der Waals surface area contributed by atoms with Crippen LogP contribution in [0.2, 0.25) is 0 Å². The fourth-order valence-electron chi connectivity index (χ4n) is 16.8. The Morgan fingerprint density at radius 3 is 1.04 bits per heavy atom. The zero-order chi connectivity index (χ0) is 64.0. The lowest BCUT2D eigenvalue weighted by Gasteiger charge is -2.47. The molecule has 4 aliphatic heterocycles. The molecule has 0 bridgehead atoms. The second kappa shape index (κ2) is 21.3. The number of para-hydroxylation sites is 7. The molecule has 6 heteroatoms. The van der Waals surface area contributed by atoms with Crippen LogP contribution in [0.1, 0.15) is 49.9 Å². The molecule has 1 aromatic heterocycles. The molecule has 5 nitrogen and oxygen atoms in total. The maximum atomic E-state index is 7.65. The van der Waals surface area contributed by atoms with E-state index in [1.165, 1.54) is 55.9 Å². The average Bonchev–Trinajstić information content (AvgIpc) is 1.08. The molecule has 0 atom stereocenters. The van der Waals surface area contributed by atoms with Gasteiger partial charge in [0.15, 0.2) is 5.58 Å². The fraction of sp³-hybridized carbons (Fsp3) is 0.0667. The topological polar surface area (TPSA) is 26.1 Å². The first kappa shape index (κ1) is 55.8. The molecule has 19 rings (SSSR count). The van der Waals surface area contributed by atoms with Gasteiger partial charge in [-0.2, -0.15) is 0 Å². The second-order valence-corrected chi connectivity index (χ2v) is 27.1. The van der Waals surface area contributed by atoms with Crippen molar-refractivity contribution >= 4 is 113 Å². The Kier molecular flexibility index (Phi) is 12.4. The Balaban J connectivity index is 1.00. The summed E-state index contributed by atoms with van der Waals surface area (Å²) in [7, 11) is 0. The number of rotatable bonds is 8. The van der Waals surface area contributed by atoms with Crippen LogP contribution in [0.15, 0.2) is 326 Å². The van der Waals surface area contributed by atoms with E-state index in [0.717, 1.165) is 117 Å². The van der Waals surface area contributed by atoms with Crippen LogP contribution >= 0.6 is 0 Å². The van der Waals surface area contributed by atoms with E-state index in [9.17, 15) is 0 Å². The monoisotopic (exact) mass is 1230 g/mol. The van der Waals surface area contributed by atoms with Crippen molar-refractivity contribution in [3.8, 4) is 44.5 Å². The minimum Gasteiger partial charge on any atom is -0.454 e. The third-order valence-corrected chi connectivity index (χ3v) is 21.2. The van der Waals surface area contributed by atoms with Crippen LogP contribution < -0.4 is 36.0 Å². The van der Waals surface area contributed by atoms with Gasteiger partial charge in [0.25, 0.3) is 6.71 Å². The van der Waals surface area contributed by atoms with E-state index in [-0.39, 0.29) is 17.5 Å². The molecular formula is C90H65BN4O. The predicted octanol–water partition coefficient (Wildman–Crippen LogP) is 22.6. The highest BCUT2D eigenvalue weighted by Crippen LogP contribution is 2.59. The van der Waals surface area contributed by atoms with E-state index in [1.807, 2.05) is 0 Å². The van der Waals surface area contributed by atoms with Gasteiger partial charge >= 0.3 is 0 Å². The second-order valence-electron chi connectivity index (χ2n) is 27.1. The van der Waals surface area contributed by atoms with E-state index in [2.05, 4.69) is 369 Å². The van der Waals surface area contributed by atoms with Crippen molar-refractivity contribution in [1.29, 1.82) is 0 Å². The van der Waals surface area contributed by atoms with Gasteiger partial charge in [0.2, 0.25) is 0 Å². The molecule has 15 aromatic rings. The smallest absolute Gasteiger partial charge is 0.252 e. The summed E-state index contributed by atoms with van der Waals surface area (Å²) in [6, 6.07) is 120. The summed E-state index contributed by atoms with van der Waals surface area (Å²) >= 11 is 0. The van der Waals surface area contributed by atoms with E-state index in [4.69, 9.17) is 4.42 Å². The van der Waals surface area contributed by atoms with Gasteiger partial charge in [0, 0.05) is 72.3 Å². The Morgan fingerprint density at radius 1 is 0.271 bits per heavy atom. The number of hydrogen-bond donors (Lipinski definition) is 0. The highest BCUT2D eigenvalue weighted by atomic mass is 16.3. The molecule has 0 amide bonds. The SMILES string of the molecule is CC1(C)c2ccccc2N(c2ccc3c(c2)B2c4cc(N5c6ccccc6C(C)(C)c6ccccc65)ccc4N(c4c(-c5ccccc5)cccc4-c4ccccc4)c4c2c(cc2c4oc4ccccc42)N3c2c(-c3ccccc3)cccc2-c2ccccc2)c2ccccc21. The summed E-state index contributed by atoms with van der Waals surface area (Å²) in [6.07, 6.45) is 0. The first-order valence-corrected chi connectivity index (χ1v) is 33.5. The third-order valence-electron chi connectivity index (χ3n) is 21.2. The van der Waals surface area contributed by atoms with Crippen molar-refractivity contribution in [1.82, 2.24) is 0 Å². The zero-order valence-electron chi connectivity index (χ0n) is 53.9. The van der Waals surface area contributed by atoms with Gasteiger partial charge < -0.3 is 24.0 Å². The number of hydrogen-bond acceptors (Lipinski definition) is 5. The first-order valence-electron chi connectivity index (χ1n) is 33.5. The fourth-order valence-corrected chi connectivity index (χ4v) is 16.8. The molecule has 5 heterocycles. The van der Waals surface area contributed by atoms with E-state index in [0.29, 0.717) is 0 Å². The lowest BCUT2D eigenvalue weighted by Crippen LogP contribution is -2.61. The van der Waals surface area contributed by atoms with Gasteiger partial charge in [-0.3, -0.25) is 0 Å². The zero-order valence-corrected chi connectivity index (χ0v) is 53.9. The number of nitrogens with zero attached hydrogens (tertiary/aromatic N) is 4. The standard InChI is InChI=1S/C90H65BN4O/c1-89(2)70-42-18-22-46-76(70)92(77-47-23-19-43-71(77)89)62-51-53-80-74(55-62)91-75-56-63(93-78-48-24-20-44-72(78)90(3,4)73-45-21-25-49-79(73)93)52-54-81(75)95(86-66(60-33-13-7-14-34-60)40-28-41-67(86)61-35-15-8-16-36-61)87-84(91)82(57-69-68-37-17-26-50-83(68)96-88(69)87)94(80)85-64(58-29-9-5-10-30-58)38-27-39-65(85)59-31-11-6-12-32-59/h5-57H,1-4H3. The van der Waals surface area contributed by atoms with Crippen LogP contribution in [0.3, 0.4) is 0 Å². The number of benzene rings is 14. The summed E-state index contributed by atoms with van der Waals surface area (Å²) in [4.78, 5) is 10.3. The lowest BCUT2D eigenvalue weighted by atomic mass is 9.33. The van der Waals surface area contributed by atoms with Crippen LogP contribution in [0.25, 0.3) is 66.4 Å². The minimum atomic E-state index is -0.364. The minimum absolute atomic E-state index is 0.257. The van der Waals surface area contributed by atoms with Gasteiger partial charge in [-0.15, -0.1) is 0 Å². The molecule has 0 radical (unpaired) electrons. The molecule has 0 unspecified atom stereocenters. The van der Waals surface area contributed by atoms with Crippen LogP contribution in [0.5, 0.6) is 0 Å². The van der Waals surface area contributed by atoms with Crippen LogP contribution in [-0.4, -0.2) is 6.71 Å². The van der Waals surface area contributed by atoms with Gasteiger partial charge in [-0.25, -0.2) is 0 Å². The van der Waals surface area contributed by atoms with Crippen molar-refractivity contribution < 1.29 is 4.42 Å². The van der Waals surface area contributed by atoms with Crippen LogP contribution in [0.4, 0.5) is 68.2 Å². The van der Waals surface area contributed by atoms with Crippen molar-refractivity contribution in [2.24, 2.45) is 0 Å². The molecule has 0 saturated heterocycles. The Morgan fingerprint density at radius 2 is 0.625 bits per heavy atom. The average molecular weight is 1230 g/mol. The lowest BCUT2D eigenvalue weighted by molar-refractivity contribution is 0.632. The summed E-state index contributed by atoms with van der Waals surface area (Å²) in [5, 5.41) is 2.10. The summed E-state index contributed by atoms with van der Waals surface area (Å²) in [5.74, 6) is 0. The van der Waals surface area contributed by atoms with Crippen molar-refractivity contribution in [2.75, 3.05) is 19.6 Å². The quantitative estimate of drug-likeness (QED) is 0.141. The number of anilines is 12. The molecule has 454 valence electrons. The Hall–Kier alpha value is -11.9. The molecule has 0 N–H and O–H groups in total. The van der Waals surface area contributed by atoms with E-state index in [1.54, 1.807) is 0 Å². The number of fused-ring (bicyclic) bond motifs is 12. The largest absolute Gasteiger partial charge is 0.454 e.